The van der Waals surface area contributed by atoms with E-state index in [9.17, 15) is 14.1 Å². The van der Waals surface area contributed by atoms with Gasteiger partial charge in [0, 0.05) is 59.5 Å². The van der Waals surface area contributed by atoms with Gasteiger partial charge in [-0.3, -0.25) is 14.6 Å². The third-order valence-corrected chi connectivity index (χ3v) is 7.98. The molecule has 0 saturated heterocycles. The minimum atomic E-state index is -2.99. The van der Waals surface area contributed by atoms with Crippen molar-refractivity contribution in [3.63, 3.8) is 0 Å². The average molecular weight is 522 g/mol. The maximum atomic E-state index is 12.7. The summed E-state index contributed by atoms with van der Waals surface area (Å²) in [6.45, 7) is 1.69. The molecule has 0 fully saturated rings. The van der Waals surface area contributed by atoms with Gasteiger partial charge in [0.25, 0.3) is 11.8 Å². The Morgan fingerprint density at radius 3 is 2.32 bits per heavy atom. The molecule has 0 bridgehead atoms. The Balaban J connectivity index is 1.76. The first-order valence-electron chi connectivity index (χ1n) is 11.9. The third-order valence-electron chi connectivity index (χ3n) is 5.36. The fraction of sp³-hybridized carbons (Fsp3) is 0.250. The van der Waals surface area contributed by atoms with E-state index in [-0.39, 0.29) is 36.2 Å². The van der Waals surface area contributed by atoms with Crippen LogP contribution in [0.5, 0.6) is 0 Å². The molecule has 1 heterocycles. The second kappa shape index (κ2) is 13.6. The molecule has 2 amide bonds. The molecule has 3 rings (SSSR count). The van der Waals surface area contributed by atoms with Crippen LogP contribution in [0.3, 0.4) is 0 Å². The fourth-order valence-corrected chi connectivity index (χ4v) is 5.69. The highest BCUT2D eigenvalue weighted by molar-refractivity contribution is 8.00. The highest BCUT2D eigenvalue weighted by atomic mass is 32.3. The molecule has 0 atom stereocenters. The van der Waals surface area contributed by atoms with E-state index in [4.69, 9.17) is 10.2 Å². The molecule has 37 heavy (non-hydrogen) atoms. The summed E-state index contributed by atoms with van der Waals surface area (Å²) in [6, 6.07) is 16.0. The van der Waals surface area contributed by atoms with E-state index in [0.29, 0.717) is 35.2 Å². The van der Waals surface area contributed by atoms with E-state index in [1.807, 2.05) is 25.1 Å². The van der Waals surface area contributed by atoms with Crippen molar-refractivity contribution >= 4 is 27.6 Å². The van der Waals surface area contributed by atoms with Crippen molar-refractivity contribution in [3.05, 3.63) is 94.8 Å². The van der Waals surface area contributed by atoms with Gasteiger partial charge in [-0.1, -0.05) is 35.6 Å². The van der Waals surface area contributed by atoms with Gasteiger partial charge < -0.3 is 20.1 Å². The Kier molecular flexibility index (Phi) is 10.2. The molecule has 0 aliphatic carbocycles. The summed E-state index contributed by atoms with van der Waals surface area (Å²) in [6.07, 6.45) is 3.52. The molecular weight excluding hydrogens is 490 g/mol. The summed E-state index contributed by atoms with van der Waals surface area (Å²) in [7, 11) is -2.99. The van der Waals surface area contributed by atoms with Crippen LogP contribution in [-0.2, 0) is 10.1 Å². The number of hydrogen-bond donors (Lipinski definition) is 5. The molecule has 0 aliphatic rings. The Morgan fingerprint density at radius 2 is 1.62 bits per heavy atom. The minimum Gasteiger partial charge on any atom is -0.396 e. The lowest BCUT2D eigenvalue weighted by Crippen LogP contribution is -2.23. The first kappa shape index (κ1) is 27.9. The number of carbonyl (C=O) groups excluding carboxylic acids is 2. The zero-order valence-electron chi connectivity index (χ0n) is 20.6. The maximum absolute atomic E-state index is 12.7. The minimum absolute atomic E-state index is 0.116. The van der Waals surface area contributed by atoms with E-state index in [1.54, 1.807) is 36.4 Å². The van der Waals surface area contributed by atoms with Crippen LogP contribution in [0, 0.1) is 18.8 Å². The lowest BCUT2D eigenvalue weighted by Gasteiger charge is -2.22. The first-order valence-corrected chi connectivity index (χ1v) is 13.9. The first-order chi connectivity index (χ1) is 17.8. The van der Waals surface area contributed by atoms with Crippen LogP contribution in [0.15, 0.2) is 71.4 Å². The summed E-state index contributed by atoms with van der Waals surface area (Å²) in [5.41, 5.74) is 3.51. The smallest absolute Gasteiger partial charge is 0.284 e. The number of benzene rings is 2. The number of rotatable bonds is 9. The summed E-state index contributed by atoms with van der Waals surface area (Å²) < 4.78 is 14.9. The molecule has 3 aromatic rings. The van der Waals surface area contributed by atoms with Gasteiger partial charge in [-0.15, -0.1) is 10.1 Å². The predicted octanol–water partition coefficient (Wildman–Crippen LogP) is 3.49. The van der Waals surface area contributed by atoms with Crippen LogP contribution in [0.1, 0.15) is 50.2 Å². The Hall–Kier alpha value is -3.68. The van der Waals surface area contributed by atoms with Crippen molar-refractivity contribution in [1.82, 2.24) is 4.98 Å². The van der Waals surface area contributed by atoms with Crippen molar-refractivity contribution in [2.45, 2.75) is 19.8 Å². The number of nitrogens with one attached hydrogen (secondary N) is 1. The topological polar surface area (TPSA) is 132 Å². The van der Waals surface area contributed by atoms with Gasteiger partial charge in [-0.05, 0) is 56.2 Å². The zero-order chi connectivity index (χ0) is 26.7. The highest BCUT2D eigenvalue weighted by Crippen LogP contribution is 2.15. The maximum Gasteiger partial charge on any atom is 0.284 e. The van der Waals surface area contributed by atoms with E-state index < -0.39 is 16.0 Å². The molecule has 194 valence electrons. The van der Waals surface area contributed by atoms with E-state index >= 15 is 0 Å². The normalized spacial score (nSPS) is 11.2. The Bertz CT molecular complexity index is 1370. The molecular formula is C28H31N3O5S. The number of aryl methyl sites for hydroxylation is 1. The number of aromatic nitrogens is 1. The van der Waals surface area contributed by atoms with Crippen LogP contribution < -0.4 is 5.32 Å². The van der Waals surface area contributed by atoms with Gasteiger partial charge in [-0.2, -0.15) is 4.36 Å². The number of nitrogens with zero attached hydrogens (tertiary/aromatic N) is 2. The highest BCUT2D eigenvalue weighted by Gasteiger charge is 2.14. The number of hydrogen-bond acceptors (Lipinski definition) is 5. The van der Waals surface area contributed by atoms with Crippen LogP contribution >= 0.6 is 0 Å². The Morgan fingerprint density at radius 1 is 0.919 bits per heavy atom. The summed E-state index contributed by atoms with van der Waals surface area (Å²) in [4.78, 5) is 29.4. The van der Waals surface area contributed by atoms with Crippen LogP contribution in [0.4, 0.5) is 5.69 Å². The molecule has 4 N–H and O–H groups in total. The van der Waals surface area contributed by atoms with Crippen molar-refractivity contribution in [2.24, 2.45) is 4.36 Å². The molecule has 9 heteroatoms. The van der Waals surface area contributed by atoms with Gasteiger partial charge in [0.05, 0.1) is 5.56 Å². The summed E-state index contributed by atoms with van der Waals surface area (Å²) >= 11 is 0. The average Bonchev–Trinajstić information content (AvgIpc) is 2.90. The van der Waals surface area contributed by atoms with Crippen molar-refractivity contribution < 1.29 is 24.4 Å². The monoisotopic (exact) mass is 521 g/mol. The standard InChI is InChI=1S/C28H31N3O5S/c1-21-6-2-8-24(16-21)27(34)30-26-9-3-7-22(18-26)10-11-23-17-25(20-29-19-23)28(35)31-37(36,14-4-12-32)15-5-13-33/h2-3,6-9,16-20,32-33,37H,4-5,12-15H2,1H3,(H,30,34)(H,31,35,36). The van der Waals surface area contributed by atoms with Gasteiger partial charge in [0.1, 0.15) is 0 Å². The second-order valence-electron chi connectivity index (χ2n) is 8.50. The van der Waals surface area contributed by atoms with Crippen molar-refractivity contribution in [1.29, 1.82) is 0 Å². The van der Waals surface area contributed by atoms with Gasteiger partial charge in [-0.25, -0.2) is 0 Å². The van der Waals surface area contributed by atoms with Crippen molar-refractivity contribution in [3.8, 4) is 11.8 Å². The second-order valence-corrected chi connectivity index (χ2v) is 11.4. The zero-order valence-corrected chi connectivity index (χ0v) is 21.5. The number of thiol groups is 1. The molecule has 0 unspecified atom stereocenters. The third kappa shape index (κ3) is 8.74. The Labute approximate surface area is 217 Å². The molecule has 0 saturated carbocycles. The van der Waals surface area contributed by atoms with Crippen LogP contribution in [-0.4, -0.2) is 56.3 Å². The number of pyridine rings is 1. The van der Waals surface area contributed by atoms with Crippen LogP contribution in [0.25, 0.3) is 0 Å². The molecule has 2 aromatic carbocycles. The largest absolute Gasteiger partial charge is 0.396 e. The lowest BCUT2D eigenvalue weighted by molar-refractivity contribution is 0.100. The molecule has 0 radical (unpaired) electrons. The molecule has 8 nitrogen and oxygen atoms in total. The number of anilines is 1. The van der Waals surface area contributed by atoms with E-state index in [1.165, 1.54) is 12.4 Å². The molecule has 0 spiro atoms. The predicted molar refractivity (Wildman–Crippen MR) is 147 cm³/mol. The SMILES string of the molecule is Cc1cccc(C(=O)Nc2cccc(C#Cc3cncc(C(=O)N=[SH](O)(CCCO)CCCO)c3)c2)c1. The van der Waals surface area contributed by atoms with Crippen LogP contribution in [0.2, 0.25) is 0 Å². The lowest BCUT2D eigenvalue weighted by atomic mass is 10.1. The number of aliphatic hydroxyl groups excluding tert-OH is 2. The van der Waals surface area contributed by atoms with E-state index in [2.05, 4.69) is 26.5 Å². The van der Waals surface area contributed by atoms with Gasteiger partial charge in [0.2, 0.25) is 0 Å². The van der Waals surface area contributed by atoms with E-state index in [0.717, 1.165) is 5.56 Å². The summed E-state index contributed by atoms with van der Waals surface area (Å²) in [5, 5.41) is 21.1. The number of aliphatic hydroxyl groups is 2. The number of carbonyl (C=O) groups is 2. The van der Waals surface area contributed by atoms with Gasteiger partial charge in [0.15, 0.2) is 0 Å². The van der Waals surface area contributed by atoms with Gasteiger partial charge >= 0.3 is 0 Å². The number of amides is 2. The summed E-state index contributed by atoms with van der Waals surface area (Å²) in [5.74, 6) is 5.57. The fourth-order valence-electron chi connectivity index (χ4n) is 3.52. The molecule has 0 aliphatic heterocycles. The quantitative estimate of drug-likeness (QED) is 0.216. The van der Waals surface area contributed by atoms with Crippen molar-refractivity contribution in [2.75, 3.05) is 30.0 Å². The molecule has 1 aromatic heterocycles.